The van der Waals surface area contributed by atoms with E-state index in [-0.39, 0.29) is 5.54 Å². The molecule has 1 aromatic rings. The molecule has 1 aliphatic rings. The van der Waals surface area contributed by atoms with Crippen LogP contribution in [0.4, 0.5) is 0 Å². The standard InChI is InChI=1S/C15H24N2/c1-12-9-13(2)11-14(10-12)15(17(3)4)5-7-16-8-6-15/h9-11,16H,5-8H2,1-4H3. The number of piperidine rings is 1. The lowest BCUT2D eigenvalue weighted by atomic mass is 9.79. The van der Waals surface area contributed by atoms with Gasteiger partial charge in [0, 0.05) is 5.54 Å². The molecule has 0 aromatic heterocycles. The highest BCUT2D eigenvalue weighted by atomic mass is 15.2. The zero-order valence-corrected chi connectivity index (χ0v) is 11.5. The fourth-order valence-electron chi connectivity index (χ4n) is 3.08. The van der Waals surface area contributed by atoms with Gasteiger partial charge in [0.1, 0.15) is 0 Å². The van der Waals surface area contributed by atoms with E-state index in [4.69, 9.17) is 0 Å². The van der Waals surface area contributed by atoms with Crippen molar-refractivity contribution in [3.63, 3.8) is 0 Å². The molecule has 17 heavy (non-hydrogen) atoms. The van der Waals surface area contributed by atoms with E-state index in [9.17, 15) is 0 Å². The van der Waals surface area contributed by atoms with E-state index in [1.54, 1.807) is 0 Å². The normalized spacial score (nSPS) is 19.6. The van der Waals surface area contributed by atoms with E-state index in [1.807, 2.05) is 0 Å². The van der Waals surface area contributed by atoms with Crippen LogP contribution in [0.1, 0.15) is 29.5 Å². The van der Waals surface area contributed by atoms with Crippen molar-refractivity contribution >= 4 is 0 Å². The largest absolute Gasteiger partial charge is 0.317 e. The van der Waals surface area contributed by atoms with Crippen LogP contribution in [-0.4, -0.2) is 32.1 Å². The zero-order chi connectivity index (χ0) is 12.5. The minimum atomic E-state index is 0.224. The maximum Gasteiger partial charge on any atom is 0.0479 e. The summed E-state index contributed by atoms with van der Waals surface area (Å²) in [4.78, 5) is 2.40. The Balaban J connectivity index is 2.44. The van der Waals surface area contributed by atoms with Crippen molar-refractivity contribution in [3.05, 3.63) is 34.9 Å². The lowest BCUT2D eigenvalue weighted by molar-refractivity contribution is 0.107. The monoisotopic (exact) mass is 232 g/mol. The molecule has 1 heterocycles. The maximum atomic E-state index is 3.47. The van der Waals surface area contributed by atoms with E-state index in [2.05, 4.69) is 56.4 Å². The lowest BCUT2D eigenvalue weighted by Gasteiger charge is -2.44. The van der Waals surface area contributed by atoms with Gasteiger partial charge in [0.25, 0.3) is 0 Å². The summed E-state index contributed by atoms with van der Waals surface area (Å²) in [6.45, 7) is 6.62. The van der Waals surface area contributed by atoms with Crippen LogP contribution in [0.15, 0.2) is 18.2 Å². The van der Waals surface area contributed by atoms with E-state index < -0.39 is 0 Å². The molecule has 0 atom stereocenters. The Bertz CT molecular complexity index is 370. The summed E-state index contributed by atoms with van der Waals surface area (Å²) >= 11 is 0. The second kappa shape index (κ2) is 4.79. The highest BCUT2D eigenvalue weighted by Crippen LogP contribution is 2.36. The van der Waals surface area contributed by atoms with Crippen molar-refractivity contribution in [2.75, 3.05) is 27.2 Å². The first kappa shape index (κ1) is 12.6. The average molecular weight is 232 g/mol. The van der Waals surface area contributed by atoms with Gasteiger partial charge in [-0.1, -0.05) is 29.3 Å². The lowest BCUT2D eigenvalue weighted by Crippen LogP contribution is -2.49. The first-order valence-corrected chi connectivity index (χ1v) is 6.51. The van der Waals surface area contributed by atoms with Crippen LogP contribution in [0, 0.1) is 13.8 Å². The van der Waals surface area contributed by atoms with Gasteiger partial charge in [0.05, 0.1) is 0 Å². The van der Waals surface area contributed by atoms with E-state index >= 15 is 0 Å². The number of hydrogen-bond donors (Lipinski definition) is 1. The van der Waals surface area contributed by atoms with Gasteiger partial charge in [-0.15, -0.1) is 0 Å². The molecular formula is C15H24N2. The van der Waals surface area contributed by atoms with Gasteiger partial charge in [0.2, 0.25) is 0 Å². The Labute approximate surface area is 105 Å². The molecule has 2 rings (SSSR count). The molecule has 0 aliphatic carbocycles. The molecule has 0 saturated carbocycles. The van der Waals surface area contributed by atoms with Crippen molar-refractivity contribution in [3.8, 4) is 0 Å². The molecule has 0 amide bonds. The second-order valence-corrected chi connectivity index (χ2v) is 5.55. The molecule has 0 bridgehead atoms. The molecule has 0 unspecified atom stereocenters. The Morgan fingerprint density at radius 1 is 1.00 bits per heavy atom. The van der Waals surface area contributed by atoms with Crippen molar-refractivity contribution in [2.24, 2.45) is 0 Å². The molecular weight excluding hydrogens is 208 g/mol. The molecule has 1 aromatic carbocycles. The minimum Gasteiger partial charge on any atom is -0.317 e. The molecule has 1 N–H and O–H groups in total. The summed E-state index contributed by atoms with van der Waals surface area (Å²) in [5.74, 6) is 0. The Morgan fingerprint density at radius 3 is 2.00 bits per heavy atom. The molecule has 2 nitrogen and oxygen atoms in total. The van der Waals surface area contributed by atoms with Crippen LogP contribution < -0.4 is 5.32 Å². The van der Waals surface area contributed by atoms with Crippen LogP contribution in [0.2, 0.25) is 0 Å². The quantitative estimate of drug-likeness (QED) is 0.842. The fraction of sp³-hybridized carbons (Fsp3) is 0.600. The molecule has 1 saturated heterocycles. The van der Waals surface area contributed by atoms with Crippen LogP contribution in [-0.2, 0) is 5.54 Å². The maximum absolute atomic E-state index is 3.47. The molecule has 1 fully saturated rings. The van der Waals surface area contributed by atoms with Crippen molar-refractivity contribution in [1.82, 2.24) is 10.2 Å². The second-order valence-electron chi connectivity index (χ2n) is 5.55. The molecule has 0 spiro atoms. The van der Waals surface area contributed by atoms with Crippen LogP contribution in [0.25, 0.3) is 0 Å². The number of benzene rings is 1. The van der Waals surface area contributed by atoms with Gasteiger partial charge in [-0.25, -0.2) is 0 Å². The zero-order valence-electron chi connectivity index (χ0n) is 11.5. The van der Waals surface area contributed by atoms with Crippen LogP contribution >= 0.6 is 0 Å². The highest BCUT2D eigenvalue weighted by molar-refractivity contribution is 5.34. The number of aryl methyl sites for hydroxylation is 2. The summed E-state index contributed by atoms with van der Waals surface area (Å²) in [7, 11) is 4.42. The third-order valence-electron chi connectivity index (χ3n) is 4.05. The number of rotatable bonds is 2. The van der Waals surface area contributed by atoms with Crippen LogP contribution in [0.3, 0.4) is 0 Å². The van der Waals surface area contributed by atoms with Gasteiger partial charge in [0.15, 0.2) is 0 Å². The first-order chi connectivity index (χ1) is 8.04. The summed E-state index contributed by atoms with van der Waals surface area (Å²) in [6.07, 6.45) is 2.39. The van der Waals surface area contributed by atoms with Crippen molar-refractivity contribution < 1.29 is 0 Å². The number of nitrogens with zero attached hydrogens (tertiary/aromatic N) is 1. The van der Waals surface area contributed by atoms with Gasteiger partial charge in [-0.3, -0.25) is 4.90 Å². The Hall–Kier alpha value is -0.860. The van der Waals surface area contributed by atoms with Gasteiger partial charge in [-0.05, 0) is 59.4 Å². The molecule has 0 radical (unpaired) electrons. The van der Waals surface area contributed by atoms with Gasteiger partial charge < -0.3 is 5.32 Å². The van der Waals surface area contributed by atoms with E-state index in [0.717, 1.165) is 13.1 Å². The molecule has 2 heteroatoms. The summed E-state index contributed by atoms with van der Waals surface area (Å²) in [5.41, 5.74) is 4.46. The third-order valence-corrected chi connectivity index (χ3v) is 4.05. The Kier molecular flexibility index (Phi) is 3.55. The SMILES string of the molecule is Cc1cc(C)cc(C2(N(C)C)CCNCC2)c1. The van der Waals surface area contributed by atoms with E-state index in [1.165, 1.54) is 29.5 Å². The van der Waals surface area contributed by atoms with Crippen molar-refractivity contribution in [2.45, 2.75) is 32.2 Å². The van der Waals surface area contributed by atoms with Crippen molar-refractivity contribution in [1.29, 1.82) is 0 Å². The van der Waals surface area contributed by atoms with Gasteiger partial charge >= 0.3 is 0 Å². The van der Waals surface area contributed by atoms with Crippen LogP contribution in [0.5, 0.6) is 0 Å². The van der Waals surface area contributed by atoms with E-state index in [0.29, 0.717) is 0 Å². The highest BCUT2D eigenvalue weighted by Gasteiger charge is 2.36. The smallest absolute Gasteiger partial charge is 0.0479 e. The fourth-order valence-corrected chi connectivity index (χ4v) is 3.08. The summed E-state index contributed by atoms with van der Waals surface area (Å²) < 4.78 is 0. The predicted octanol–water partition coefficient (Wildman–Crippen LogP) is 2.44. The topological polar surface area (TPSA) is 15.3 Å². The molecule has 94 valence electrons. The first-order valence-electron chi connectivity index (χ1n) is 6.51. The predicted molar refractivity (Wildman–Crippen MR) is 73.4 cm³/mol. The Morgan fingerprint density at radius 2 is 1.53 bits per heavy atom. The number of hydrogen-bond acceptors (Lipinski definition) is 2. The summed E-state index contributed by atoms with van der Waals surface area (Å²) in [5, 5.41) is 3.47. The van der Waals surface area contributed by atoms with Gasteiger partial charge in [-0.2, -0.15) is 0 Å². The summed E-state index contributed by atoms with van der Waals surface area (Å²) in [6, 6.07) is 6.98. The minimum absolute atomic E-state index is 0.224. The molecule has 1 aliphatic heterocycles. The number of nitrogens with one attached hydrogen (secondary N) is 1. The third kappa shape index (κ3) is 2.38. The average Bonchev–Trinajstić information content (AvgIpc) is 2.28.